The third-order valence-electron chi connectivity index (χ3n) is 2.61. The Morgan fingerprint density at radius 2 is 1.83 bits per heavy atom. The van der Waals surface area contributed by atoms with E-state index in [1.54, 1.807) is 6.07 Å². The Bertz CT molecular complexity index is 594. The smallest absolute Gasteiger partial charge is 0.150 e. The fraction of sp³-hybridized carbons (Fsp3) is 0.0714. The average Bonchev–Trinajstić information content (AvgIpc) is 2.38. The molecular weight excluding hydrogens is 238 g/mol. The van der Waals surface area contributed by atoms with Crippen LogP contribution in [0, 0.1) is 11.6 Å². The van der Waals surface area contributed by atoms with Crippen LogP contribution in [0.15, 0.2) is 36.4 Å². The molecule has 0 spiro atoms. The Morgan fingerprint density at radius 1 is 1.06 bits per heavy atom. The Kier molecular flexibility index (Phi) is 3.37. The summed E-state index contributed by atoms with van der Waals surface area (Å²) in [6, 6.07) is 7.81. The van der Waals surface area contributed by atoms with Crippen molar-refractivity contribution < 1.29 is 18.3 Å². The van der Waals surface area contributed by atoms with Gasteiger partial charge in [0.15, 0.2) is 6.29 Å². The van der Waals surface area contributed by atoms with E-state index < -0.39 is 11.6 Å². The molecule has 0 N–H and O–H groups in total. The normalized spacial score (nSPS) is 10.2. The molecule has 92 valence electrons. The molecule has 0 fully saturated rings. The quantitative estimate of drug-likeness (QED) is 0.777. The van der Waals surface area contributed by atoms with Crippen molar-refractivity contribution in [2.75, 3.05) is 7.11 Å². The lowest BCUT2D eigenvalue weighted by atomic mass is 9.99. The Hall–Kier alpha value is -2.23. The molecule has 0 aliphatic rings. The molecule has 2 aromatic rings. The fourth-order valence-electron chi connectivity index (χ4n) is 1.71. The first kappa shape index (κ1) is 12.2. The molecule has 18 heavy (non-hydrogen) atoms. The highest BCUT2D eigenvalue weighted by molar-refractivity contribution is 5.87. The van der Waals surface area contributed by atoms with Crippen molar-refractivity contribution in [3.63, 3.8) is 0 Å². The molecule has 0 radical (unpaired) electrons. The monoisotopic (exact) mass is 248 g/mol. The second-order valence-corrected chi connectivity index (χ2v) is 3.70. The molecule has 0 bridgehead atoms. The lowest BCUT2D eigenvalue weighted by Crippen LogP contribution is -1.93. The maximum absolute atomic E-state index is 13.9. The van der Waals surface area contributed by atoms with E-state index in [4.69, 9.17) is 4.74 Å². The zero-order valence-electron chi connectivity index (χ0n) is 9.61. The number of hydrogen-bond acceptors (Lipinski definition) is 2. The highest BCUT2D eigenvalue weighted by atomic mass is 19.1. The van der Waals surface area contributed by atoms with Gasteiger partial charge < -0.3 is 4.74 Å². The van der Waals surface area contributed by atoms with E-state index in [9.17, 15) is 13.6 Å². The molecule has 0 heterocycles. The molecule has 4 heteroatoms. The van der Waals surface area contributed by atoms with E-state index in [2.05, 4.69) is 0 Å². The van der Waals surface area contributed by atoms with Gasteiger partial charge in [-0.15, -0.1) is 0 Å². The molecule has 0 atom stereocenters. The fourth-order valence-corrected chi connectivity index (χ4v) is 1.71. The van der Waals surface area contributed by atoms with Crippen LogP contribution in [-0.4, -0.2) is 13.4 Å². The molecule has 0 unspecified atom stereocenters. The van der Waals surface area contributed by atoms with Crippen LogP contribution in [0.4, 0.5) is 8.78 Å². The van der Waals surface area contributed by atoms with E-state index in [0.29, 0.717) is 12.0 Å². The summed E-state index contributed by atoms with van der Waals surface area (Å²) in [5.74, 6) is -0.728. The first-order valence-electron chi connectivity index (χ1n) is 5.24. The minimum atomic E-state index is -0.567. The van der Waals surface area contributed by atoms with Crippen molar-refractivity contribution in [1.29, 1.82) is 0 Å². The number of carbonyl (C=O) groups is 1. The number of methoxy groups -OCH3 is 1. The number of rotatable bonds is 3. The second-order valence-electron chi connectivity index (χ2n) is 3.70. The van der Waals surface area contributed by atoms with Crippen LogP contribution in [0.2, 0.25) is 0 Å². The van der Waals surface area contributed by atoms with Gasteiger partial charge in [0.05, 0.1) is 7.11 Å². The summed E-state index contributed by atoms with van der Waals surface area (Å²) < 4.78 is 31.9. The predicted molar refractivity (Wildman–Crippen MR) is 63.7 cm³/mol. The maximum atomic E-state index is 13.9. The van der Waals surface area contributed by atoms with Crippen LogP contribution in [0.25, 0.3) is 11.1 Å². The maximum Gasteiger partial charge on any atom is 0.150 e. The largest absolute Gasteiger partial charge is 0.497 e. The molecule has 2 aromatic carbocycles. The van der Waals surface area contributed by atoms with Crippen LogP contribution in [-0.2, 0) is 0 Å². The minimum absolute atomic E-state index is 0.164. The summed E-state index contributed by atoms with van der Waals surface area (Å²) >= 11 is 0. The van der Waals surface area contributed by atoms with Crippen LogP contribution >= 0.6 is 0 Å². The van der Waals surface area contributed by atoms with Crippen molar-refractivity contribution in [3.8, 4) is 16.9 Å². The number of carbonyl (C=O) groups excluding carboxylic acids is 1. The molecule has 0 aromatic heterocycles. The van der Waals surface area contributed by atoms with Gasteiger partial charge in [-0.2, -0.15) is 0 Å². The molecule has 0 aliphatic carbocycles. The first-order valence-corrected chi connectivity index (χ1v) is 5.24. The summed E-state index contributed by atoms with van der Waals surface area (Å²) in [6.45, 7) is 0. The first-order chi connectivity index (χ1) is 8.65. The van der Waals surface area contributed by atoms with Gasteiger partial charge in [0.2, 0.25) is 0 Å². The van der Waals surface area contributed by atoms with E-state index in [1.807, 2.05) is 0 Å². The van der Waals surface area contributed by atoms with Crippen molar-refractivity contribution in [3.05, 3.63) is 53.6 Å². The highest BCUT2D eigenvalue weighted by Crippen LogP contribution is 2.28. The average molecular weight is 248 g/mol. The predicted octanol–water partition coefficient (Wildman–Crippen LogP) is 3.45. The Balaban J connectivity index is 2.61. The zero-order chi connectivity index (χ0) is 13.1. The molecule has 0 aliphatic heterocycles. The Labute approximate surface area is 103 Å². The van der Waals surface area contributed by atoms with Gasteiger partial charge in [-0.1, -0.05) is 0 Å². The molecule has 0 amide bonds. The molecule has 0 saturated heterocycles. The molecule has 2 nitrogen and oxygen atoms in total. The van der Waals surface area contributed by atoms with Gasteiger partial charge in [0.1, 0.15) is 17.4 Å². The van der Waals surface area contributed by atoms with Gasteiger partial charge in [-0.05, 0) is 35.9 Å². The van der Waals surface area contributed by atoms with Crippen LogP contribution < -0.4 is 4.74 Å². The van der Waals surface area contributed by atoms with Crippen molar-refractivity contribution >= 4 is 6.29 Å². The van der Waals surface area contributed by atoms with Crippen LogP contribution in [0.1, 0.15) is 10.4 Å². The van der Waals surface area contributed by atoms with Gasteiger partial charge in [-0.3, -0.25) is 4.79 Å². The third kappa shape index (κ3) is 2.22. The lowest BCUT2D eigenvalue weighted by Gasteiger charge is -2.08. The molecular formula is C14H10F2O2. The number of aldehydes is 1. The number of hydrogen-bond donors (Lipinski definition) is 0. The van der Waals surface area contributed by atoms with Gasteiger partial charge in [0, 0.05) is 17.2 Å². The molecule has 0 saturated carbocycles. The van der Waals surface area contributed by atoms with Crippen molar-refractivity contribution in [2.45, 2.75) is 0 Å². The molecule has 2 rings (SSSR count). The topological polar surface area (TPSA) is 26.3 Å². The second kappa shape index (κ2) is 4.96. The highest BCUT2D eigenvalue weighted by Gasteiger charge is 2.11. The summed E-state index contributed by atoms with van der Waals surface area (Å²) in [4.78, 5) is 10.9. The standard InChI is InChI=1S/C14H10F2O2/c1-18-11-4-5-12(14(16)7-11)13-6-10(15)3-2-9(13)8-17/h2-8H,1H3. The van der Waals surface area contributed by atoms with Gasteiger partial charge in [-0.25, -0.2) is 8.78 Å². The number of ether oxygens (including phenoxy) is 1. The van der Waals surface area contributed by atoms with Crippen LogP contribution in [0.5, 0.6) is 5.75 Å². The summed E-state index contributed by atoms with van der Waals surface area (Å²) in [7, 11) is 1.42. The number of benzene rings is 2. The van der Waals surface area contributed by atoms with Crippen LogP contribution in [0.3, 0.4) is 0 Å². The van der Waals surface area contributed by atoms with Gasteiger partial charge >= 0.3 is 0 Å². The zero-order valence-corrected chi connectivity index (χ0v) is 9.61. The minimum Gasteiger partial charge on any atom is -0.497 e. The lowest BCUT2D eigenvalue weighted by molar-refractivity contribution is 0.112. The van der Waals surface area contributed by atoms with E-state index in [1.165, 1.54) is 25.3 Å². The van der Waals surface area contributed by atoms with E-state index in [0.717, 1.165) is 12.1 Å². The summed E-state index contributed by atoms with van der Waals surface area (Å²) in [5, 5.41) is 0. The van der Waals surface area contributed by atoms with E-state index in [-0.39, 0.29) is 16.7 Å². The van der Waals surface area contributed by atoms with Crippen molar-refractivity contribution in [1.82, 2.24) is 0 Å². The summed E-state index contributed by atoms with van der Waals surface area (Å²) in [6.07, 6.45) is 0.568. The van der Waals surface area contributed by atoms with E-state index >= 15 is 0 Å². The summed E-state index contributed by atoms with van der Waals surface area (Å²) in [5.41, 5.74) is 0.628. The number of halogens is 2. The Morgan fingerprint density at radius 3 is 2.44 bits per heavy atom. The SMILES string of the molecule is COc1ccc(-c2cc(F)ccc2C=O)c(F)c1. The van der Waals surface area contributed by atoms with Crippen molar-refractivity contribution in [2.24, 2.45) is 0 Å². The van der Waals surface area contributed by atoms with Gasteiger partial charge in [0.25, 0.3) is 0 Å². The third-order valence-corrected chi connectivity index (χ3v) is 2.61.